The molecule has 1 aliphatic carbocycles. The molecule has 0 bridgehead atoms. The van der Waals surface area contributed by atoms with E-state index in [1.54, 1.807) is 6.92 Å². The van der Waals surface area contributed by atoms with Gasteiger partial charge >= 0.3 is 5.97 Å². The summed E-state index contributed by atoms with van der Waals surface area (Å²) >= 11 is 5.90. The van der Waals surface area contributed by atoms with Gasteiger partial charge in [0.15, 0.2) is 0 Å². The summed E-state index contributed by atoms with van der Waals surface area (Å²) in [5.74, 6) is -1.42. The van der Waals surface area contributed by atoms with Crippen molar-refractivity contribution < 1.29 is 18.7 Å². The van der Waals surface area contributed by atoms with Crippen molar-refractivity contribution in [1.82, 2.24) is 5.32 Å². The normalized spacial score (nSPS) is 17.0. The molecule has 1 atom stereocenters. The molecule has 0 aromatic heterocycles. The fourth-order valence-corrected chi connectivity index (χ4v) is 2.62. The molecule has 1 unspecified atom stereocenters. The Morgan fingerprint density at radius 1 is 1.48 bits per heavy atom. The zero-order valence-corrected chi connectivity index (χ0v) is 12.7. The van der Waals surface area contributed by atoms with Crippen LogP contribution < -0.4 is 5.32 Å². The van der Waals surface area contributed by atoms with Crippen molar-refractivity contribution in [1.29, 1.82) is 0 Å². The predicted octanol–water partition coefficient (Wildman–Crippen LogP) is 2.48. The van der Waals surface area contributed by atoms with Gasteiger partial charge in [-0.15, -0.1) is 0 Å². The summed E-state index contributed by atoms with van der Waals surface area (Å²) in [5.41, 5.74) is -0.941. The maximum Gasteiger partial charge on any atom is 0.331 e. The van der Waals surface area contributed by atoms with Crippen molar-refractivity contribution >= 4 is 23.5 Å². The van der Waals surface area contributed by atoms with Gasteiger partial charge in [0.1, 0.15) is 11.4 Å². The molecule has 0 saturated heterocycles. The van der Waals surface area contributed by atoms with Gasteiger partial charge in [-0.1, -0.05) is 17.7 Å². The molecule has 1 amide bonds. The Balaban J connectivity index is 2.12. The third kappa shape index (κ3) is 3.35. The van der Waals surface area contributed by atoms with Gasteiger partial charge < -0.3 is 10.1 Å². The number of halogens is 2. The first kappa shape index (κ1) is 15.8. The highest BCUT2D eigenvalue weighted by atomic mass is 35.5. The molecule has 2 rings (SSSR count). The Kier molecular flexibility index (Phi) is 4.52. The number of amides is 1. The van der Waals surface area contributed by atoms with Crippen molar-refractivity contribution in [2.24, 2.45) is 5.92 Å². The van der Waals surface area contributed by atoms with Crippen LogP contribution in [0, 0.1) is 11.7 Å². The molecule has 21 heavy (non-hydrogen) atoms. The number of ether oxygens (including phenoxy) is 1. The molecule has 1 aliphatic rings. The number of nitrogens with one attached hydrogen (secondary N) is 1. The third-order valence-corrected chi connectivity index (χ3v) is 4.16. The van der Waals surface area contributed by atoms with Crippen LogP contribution in [0.3, 0.4) is 0 Å². The number of rotatable bonds is 5. The molecular weight excluding hydrogens is 297 g/mol. The van der Waals surface area contributed by atoms with Gasteiger partial charge in [0.25, 0.3) is 0 Å². The largest absolute Gasteiger partial charge is 0.467 e. The minimum Gasteiger partial charge on any atom is -0.467 e. The van der Waals surface area contributed by atoms with Crippen LogP contribution in [0.15, 0.2) is 18.2 Å². The zero-order valence-electron chi connectivity index (χ0n) is 11.9. The molecule has 1 N–H and O–H groups in total. The lowest BCUT2D eigenvalue weighted by Crippen LogP contribution is -2.55. The summed E-state index contributed by atoms with van der Waals surface area (Å²) in [6.07, 6.45) is 1.49. The van der Waals surface area contributed by atoms with Crippen molar-refractivity contribution in [2.45, 2.75) is 31.7 Å². The highest BCUT2D eigenvalue weighted by Crippen LogP contribution is 2.40. The summed E-state index contributed by atoms with van der Waals surface area (Å²) in [6.45, 7) is 1.64. The van der Waals surface area contributed by atoms with Crippen molar-refractivity contribution in [2.75, 3.05) is 7.11 Å². The molecule has 0 radical (unpaired) electrons. The summed E-state index contributed by atoms with van der Waals surface area (Å²) < 4.78 is 18.4. The molecular formula is C15H17ClFNO3. The Labute approximate surface area is 127 Å². The Morgan fingerprint density at radius 3 is 2.67 bits per heavy atom. The topological polar surface area (TPSA) is 55.4 Å². The number of carbonyl (C=O) groups excluding carboxylic acids is 2. The van der Waals surface area contributed by atoms with Crippen LogP contribution in [-0.4, -0.2) is 24.5 Å². The third-order valence-electron chi connectivity index (χ3n) is 3.80. The van der Waals surface area contributed by atoms with E-state index in [4.69, 9.17) is 16.3 Å². The zero-order chi connectivity index (χ0) is 15.6. The average Bonchev–Trinajstić information content (AvgIpc) is 3.26. The van der Waals surface area contributed by atoms with Gasteiger partial charge in [0.2, 0.25) is 5.91 Å². The molecule has 114 valence electrons. The van der Waals surface area contributed by atoms with Crippen LogP contribution in [0.2, 0.25) is 5.02 Å². The summed E-state index contributed by atoms with van der Waals surface area (Å²) in [6, 6.07) is 4.24. The molecule has 6 heteroatoms. The summed E-state index contributed by atoms with van der Waals surface area (Å²) in [5, 5.41) is 2.86. The van der Waals surface area contributed by atoms with Crippen LogP contribution >= 0.6 is 11.6 Å². The van der Waals surface area contributed by atoms with E-state index < -0.39 is 23.2 Å². The van der Waals surface area contributed by atoms with E-state index in [1.165, 1.54) is 25.3 Å². The lowest BCUT2D eigenvalue weighted by Gasteiger charge is -2.28. The first-order valence-electron chi connectivity index (χ1n) is 6.70. The van der Waals surface area contributed by atoms with E-state index in [-0.39, 0.29) is 22.9 Å². The summed E-state index contributed by atoms with van der Waals surface area (Å²) in [4.78, 5) is 24.0. The van der Waals surface area contributed by atoms with Crippen LogP contribution in [0.1, 0.15) is 25.3 Å². The molecule has 4 nitrogen and oxygen atoms in total. The Morgan fingerprint density at radius 2 is 2.14 bits per heavy atom. The molecule has 1 aromatic rings. The van der Waals surface area contributed by atoms with Crippen LogP contribution in [0.5, 0.6) is 0 Å². The first-order chi connectivity index (χ1) is 9.88. The number of carbonyl (C=O) groups is 2. The molecule has 0 heterocycles. The van der Waals surface area contributed by atoms with E-state index in [1.807, 2.05) is 0 Å². The highest BCUT2D eigenvalue weighted by Gasteiger charge is 2.49. The Hall–Kier alpha value is -1.62. The maximum atomic E-state index is 13.7. The SMILES string of the molecule is COC(=O)C(C)(NC(=O)Cc1c(F)cccc1Cl)C1CC1. The lowest BCUT2D eigenvalue weighted by atomic mass is 9.95. The van der Waals surface area contributed by atoms with Crippen molar-refractivity contribution in [3.8, 4) is 0 Å². The van der Waals surface area contributed by atoms with Crippen molar-refractivity contribution in [3.05, 3.63) is 34.6 Å². The van der Waals surface area contributed by atoms with Gasteiger partial charge in [-0.25, -0.2) is 9.18 Å². The standard InChI is InChI=1S/C15H17ClFNO3/c1-15(9-6-7-9,14(20)21-2)18-13(19)8-10-11(16)4-3-5-12(10)17/h3-5,9H,6-8H2,1-2H3,(H,18,19). The molecule has 0 aliphatic heterocycles. The van der Waals surface area contributed by atoms with E-state index in [2.05, 4.69) is 5.32 Å². The predicted molar refractivity (Wildman–Crippen MR) is 76.4 cm³/mol. The minimum absolute atomic E-state index is 0.0602. The van der Waals surface area contributed by atoms with Gasteiger partial charge in [-0.2, -0.15) is 0 Å². The monoisotopic (exact) mass is 313 g/mol. The van der Waals surface area contributed by atoms with Crippen LogP contribution in [-0.2, 0) is 20.7 Å². The molecule has 1 fully saturated rings. The number of hydrogen-bond acceptors (Lipinski definition) is 3. The second kappa shape index (κ2) is 6.02. The second-order valence-corrected chi connectivity index (χ2v) is 5.80. The number of methoxy groups -OCH3 is 1. The molecule has 1 aromatic carbocycles. The Bertz CT molecular complexity index is 554. The van der Waals surface area contributed by atoms with E-state index in [0.29, 0.717) is 0 Å². The van der Waals surface area contributed by atoms with Crippen LogP contribution in [0.25, 0.3) is 0 Å². The van der Waals surface area contributed by atoms with E-state index in [0.717, 1.165) is 12.8 Å². The van der Waals surface area contributed by atoms with Gasteiger partial charge in [-0.05, 0) is 37.8 Å². The quantitative estimate of drug-likeness (QED) is 0.850. The minimum atomic E-state index is -1.07. The van der Waals surface area contributed by atoms with E-state index >= 15 is 0 Å². The highest BCUT2D eigenvalue weighted by molar-refractivity contribution is 6.31. The maximum absolute atomic E-state index is 13.7. The number of benzene rings is 1. The number of hydrogen-bond donors (Lipinski definition) is 1. The first-order valence-corrected chi connectivity index (χ1v) is 7.08. The summed E-state index contributed by atoms with van der Waals surface area (Å²) in [7, 11) is 1.28. The lowest BCUT2D eigenvalue weighted by molar-refractivity contribution is -0.151. The average molecular weight is 314 g/mol. The fourth-order valence-electron chi connectivity index (χ4n) is 2.39. The molecule has 1 saturated carbocycles. The fraction of sp³-hybridized carbons (Fsp3) is 0.467. The van der Waals surface area contributed by atoms with E-state index in [9.17, 15) is 14.0 Å². The van der Waals surface area contributed by atoms with Crippen molar-refractivity contribution in [3.63, 3.8) is 0 Å². The molecule has 0 spiro atoms. The van der Waals surface area contributed by atoms with Gasteiger partial charge in [0.05, 0.1) is 13.5 Å². The number of esters is 1. The second-order valence-electron chi connectivity index (χ2n) is 5.39. The smallest absolute Gasteiger partial charge is 0.331 e. The van der Waals surface area contributed by atoms with Crippen LogP contribution in [0.4, 0.5) is 4.39 Å². The van der Waals surface area contributed by atoms with Gasteiger partial charge in [0, 0.05) is 10.6 Å². The van der Waals surface area contributed by atoms with Gasteiger partial charge in [-0.3, -0.25) is 4.79 Å².